The number of para-hydroxylation sites is 5. The lowest BCUT2D eigenvalue weighted by Gasteiger charge is -2.40. The maximum Gasteiger partial charge on any atom is 0.140 e. The normalized spacial score (nSPS) is 13.6. The molecule has 2 heterocycles. The van der Waals surface area contributed by atoms with Gasteiger partial charge in [-0.25, -0.2) is 0 Å². The molecule has 0 unspecified atom stereocenters. The van der Waals surface area contributed by atoms with Crippen LogP contribution in [0.15, 0.2) is 200 Å². The Morgan fingerprint density at radius 3 is 1.37 bits per heavy atom. The molecule has 0 fully saturated rings. The molecule has 0 aromatic heterocycles. The molecule has 0 atom stereocenters. The Balaban J connectivity index is 0.000000145. The summed E-state index contributed by atoms with van der Waals surface area (Å²) in [4.78, 5) is 2.29. The van der Waals surface area contributed by atoms with Gasteiger partial charge in [-0.05, 0) is 69.4 Å². The van der Waals surface area contributed by atoms with Crippen LogP contribution < -0.4 is 15.0 Å². The smallest absolute Gasteiger partial charge is 0.140 e. The molecule has 0 amide bonds. The lowest BCUT2D eigenvalue weighted by atomic mass is 9.65. The van der Waals surface area contributed by atoms with Crippen molar-refractivity contribution < 1.29 is 4.74 Å². The zero-order chi connectivity index (χ0) is 35.6. The second-order valence-corrected chi connectivity index (χ2v) is 14.1. The molecule has 0 saturated carbocycles. The number of benzene rings is 9. The van der Waals surface area contributed by atoms with Crippen molar-refractivity contribution in [1.82, 2.24) is 0 Å². The van der Waals surface area contributed by atoms with Gasteiger partial charge >= 0.3 is 0 Å². The Labute approximate surface area is 314 Å². The number of nitrogens with one attached hydrogen (secondary N) is 1. The Hall–Kier alpha value is -7.10. The average Bonchev–Trinajstić information content (AvgIpc) is 3.54. The van der Waals surface area contributed by atoms with Gasteiger partial charge in [0.25, 0.3) is 0 Å². The summed E-state index contributed by atoms with van der Waals surface area (Å²) in [5, 5.41) is 8.19. The number of ether oxygens (including phenoxy) is 1. The topological polar surface area (TPSA) is 24.5 Å². The Bertz CT molecular complexity index is 2730. The van der Waals surface area contributed by atoms with Crippen molar-refractivity contribution in [2.75, 3.05) is 10.2 Å². The van der Waals surface area contributed by atoms with Gasteiger partial charge in [-0.2, -0.15) is 0 Å². The number of anilines is 5. The van der Waals surface area contributed by atoms with Gasteiger partial charge < -0.3 is 15.0 Å². The van der Waals surface area contributed by atoms with Gasteiger partial charge in [-0.3, -0.25) is 0 Å². The quantitative estimate of drug-likeness (QED) is 0.186. The molecular weight excluding hydrogens is 657 g/mol. The summed E-state index contributed by atoms with van der Waals surface area (Å²) >= 11 is 0. The van der Waals surface area contributed by atoms with E-state index in [2.05, 4.69) is 204 Å². The van der Waals surface area contributed by atoms with E-state index in [1.807, 2.05) is 6.07 Å². The Morgan fingerprint density at radius 2 is 0.815 bits per heavy atom. The molecule has 0 saturated heterocycles. The molecule has 3 aliphatic rings. The van der Waals surface area contributed by atoms with E-state index in [0.717, 1.165) is 33.6 Å². The van der Waals surface area contributed by atoms with Crippen LogP contribution in [0.5, 0.6) is 11.5 Å². The molecule has 254 valence electrons. The molecule has 0 bridgehead atoms. The van der Waals surface area contributed by atoms with E-state index in [1.165, 1.54) is 61.2 Å². The molecule has 2 aliphatic heterocycles. The summed E-state index contributed by atoms with van der Waals surface area (Å²) in [6.45, 7) is 0. The molecule has 1 aliphatic carbocycles. The molecule has 9 aromatic rings. The van der Waals surface area contributed by atoms with Crippen LogP contribution >= 0.6 is 0 Å². The summed E-state index contributed by atoms with van der Waals surface area (Å²) in [6, 6.07) is 71.2. The van der Waals surface area contributed by atoms with Crippen molar-refractivity contribution in [3.63, 3.8) is 0 Å². The largest absolute Gasteiger partial charge is 0.455 e. The van der Waals surface area contributed by atoms with Crippen LogP contribution in [-0.4, -0.2) is 0 Å². The molecule has 54 heavy (non-hydrogen) atoms. The van der Waals surface area contributed by atoms with Gasteiger partial charge in [-0.15, -0.1) is 0 Å². The zero-order valence-corrected chi connectivity index (χ0v) is 29.4. The summed E-state index contributed by atoms with van der Waals surface area (Å²) < 4.78 is 6.92. The van der Waals surface area contributed by atoms with Crippen LogP contribution in [0.4, 0.5) is 28.4 Å². The van der Waals surface area contributed by atoms with Gasteiger partial charge in [0.05, 0.1) is 28.2 Å². The fourth-order valence-corrected chi connectivity index (χ4v) is 9.04. The minimum atomic E-state index is -0.426. The standard InChI is InChI=1S/C33H20O.C18H14N2/c1-3-11-23-21(9-1)17-19-29-31(23)34-32-24-12-4-2-10-22(24)18-20-30(32)33(29)27-15-7-5-13-25(27)26-14-6-8-16-28(26)33;1-2-8-14(9-3-1)20-17-12-6-4-10-15(17)19-16-11-5-7-13-18(16)20/h1-20H;1-13,19H. The molecule has 1 N–H and O–H groups in total. The molecule has 12 rings (SSSR count). The summed E-state index contributed by atoms with van der Waals surface area (Å²) in [7, 11) is 0. The molecule has 0 radical (unpaired) electrons. The van der Waals surface area contributed by atoms with Crippen molar-refractivity contribution in [2.24, 2.45) is 0 Å². The first-order valence-electron chi connectivity index (χ1n) is 18.5. The van der Waals surface area contributed by atoms with Crippen LogP contribution in [0, 0.1) is 0 Å². The number of rotatable bonds is 1. The predicted molar refractivity (Wildman–Crippen MR) is 223 cm³/mol. The van der Waals surface area contributed by atoms with Crippen molar-refractivity contribution in [3.05, 3.63) is 222 Å². The van der Waals surface area contributed by atoms with E-state index in [1.54, 1.807) is 0 Å². The first kappa shape index (κ1) is 30.5. The second kappa shape index (κ2) is 12.0. The average molecular weight is 691 g/mol. The number of hydrogen-bond acceptors (Lipinski definition) is 3. The van der Waals surface area contributed by atoms with Crippen molar-refractivity contribution >= 4 is 50.0 Å². The van der Waals surface area contributed by atoms with Crippen LogP contribution in [0.2, 0.25) is 0 Å². The summed E-state index contributed by atoms with van der Waals surface area (Å²) in [6.07, 6.45) is 0. The monoisotopic (exact) mass is 690 g/mol. The minimum Gasteiger partial charge on any atom is -0.455 e. The van der Waals surface area contributed by atoms with Crippen LogP contribution in [0.25, 0.3) is 32.7 Å². The van der Waals surface area contributed by atoms with Crippen LogP contribution in [0.1, 0.15) is 22.3 Å². The summed E-state index contributed by atoms with van der Waals surface area (Å²) in [5.74, 6) is 1.93. The zero-order valence-electron chi connectivity index (χ0n) is 29.4. The predicted octanol–water partition coefficient (Wildman–Crippen LogP) is 13.7. The SMILES string of the molecule is c1ccc(N2c3ccccc3Nc3ccccc32)cc1.c1ccc2c(c1)-c1ccccc1C21c2ccc3ccccc3c2Oc2c1ccc1ccccc21. The lowest BCUT2D eigenvalue weighted by Crippen LogP contribution is -2.32. The fraction of sp³-hybridized carbons (Fsp3) is 0.0196. The van der Waals surface area contributed by atoms with E-state index in [9.17, 15) is 0 Å². The Morgan fingerprint density at radius 1 is 0.370 bits per heavy atom. The maximum absolute atomic E-state index is 6.92. The minimum absolute atomic E-state index is 0.426. The van der Waals surface area contributed by atoms with Crippen molar-refractivity contribution in [1.29, 1.82) is 0 Å². The van der Waals surface area contributed by atoms with Crippen LogP contribution in [-0.2, 0) is 5.41 Å². The highest BCUT2D eigenvalue weighted by molar-refractivity contribution is 6.00. The molecular formula is C51H34N2O. The van der Waals surface area contributed by atoms with Gasteiger partial charge in [0.1, 0.15) is 11.5 Å². The second-order valence-electron chi connectivity index (χ2n) is 14.1. The van der Waals surface area contributed by atoms with Crippen molar-refractivity contribution in [2.45, 2.75) is 5.41 Å². The molecule has 1 spiro atoms. The van der Waals surface area contributed by atoms with E-state index in [4.69, 9.17) is 4.74 Å². The third kappa shape index (κ3) is 4.36. The third-order valence-corrected chi connectivity index (χ3v) is 11.3. The molecule has 9 aromatic carbocycles. The lowest BCUT2D eigenvalue weighted by molar-refractivity contribution is 0.447. The number of nitrogens with zero attached hydrogens (tertiary/aromatic N) is 1. The highest BCUT2D eigenvalue weighted by atomic mass is 16.5. The molecule has 3 nitrogen and oxygen atoms in total. The van der Waals surface area contributed by atoms with E-state index >= 15 is 0 Å². The highest BCUT2D eigenvalue weighted by Crippen LogP contribution is 2.63. The first-order chi connectivity index (χ1) is 26.8. The van der Waals surface area contributed by atoms with E-state index in [0.29, 0.717) is 0 Å². The molecule has 3 heteroatoms. The van der Waals surface area contributed by atoms with Crippen molar-refractivity contribution in [3.8, 4) is 22.6 Å². The van der Waals surface area contributed by atoms with Gasteiger partial charge in [0.2, 0.25) is 0 Å². The highest BCUT2D eigenvalue weighted by Gasteiger charge is 2.51. The first-order valence-corrected chi connectivity index (χ1v) is 18.5. The number of fused-ring (bicyclic) bond motifs is 15. The summed E-state index contributed by atoms with van der Waals surface area (Å²) in [5.41, 5.74) is 13.1. The van der Waals surface area contributed by atoms with Crippen LogP contribution in [0.3, 0.4) is 0 Å². The van der Waals surface area contributed by atoms with E-state index in [-0.39, 0.29) is 0 Å². The number of hydrogen-bond donors (Lipinski definition) is 1. The van der Waals surface area contributed by atoms with Gasteiger partial charge in [0, 0.05) is 27.6 Å². The fourth-order valence-electron chi connectivity index (χ4n) is 9.04. The Kier molecular flexibility index (Phi) is 6.77. The van der Waals surface area contributed by atoms with Gasteiger partial charge in [-0.1, -0.05) is 164 Å². The maximum atomic E-state index is 6.92. The van der Waals surface area contributed by atoms with Gasteiger partial charge in [0.15, 0.2) is 0 Å². The third-order valence-electron chi connectivity index (χ3n) is 11.3. The van der Waals surface area contributed by atoms with E-state index < -0.39 is 5.41 Å².